The Morgan fingerprint density at radius 1 is 1.60 bits per heavy atom. The van der Waals surface area contributed by atoms with Crippen molar-refractivity contribution in [2.75, 3.05) is 18.0 Å². The molecule has 0 unspecified atom stereocenters. The minimum atomic E-state index is -0.515. The lowest BCUT2D eigenvalue weighted by atomic mass is 10.1. The molecule has 20 heavy (non-hydrogen) atoms. The summed E-state index contributed by atoms with van der Waals surface area (Å²) in [5, 5.41) is 11.0. The molecule has 1 aromatic carbocycles. The number of nitrogen functional groups attached to an aromatic ring is 1. The predicted molar refractivity (Wildman–Crippen MR) is 79.7 cm³/mol. The van der Waals surface area contributed by atoms with Crippen molar-refractivity contribution in [1.82, 2.24) is 4.90 Å². The SMILES string of the molecule is CCC[C@@H]1SCCN1C(=O)c1cc([N+](=O)[O-])ccc1N. The average molecular weight is 295 g/mol. The van der Waals surface area contributed by atoms with Crippen molar-refractivity contribution < 1.29 is 9.72 Å². The average Bonchev–Trinajstić information content (AvgIpc) is 2.87. The third kappa shape index (κ3) is 2.87. The number of carbonyl (C=O) groups excluding carboxylic acids is 1. The number of non-ortho nitro benzene ring substituents is 1. The molecular formula is C13H17N3O3S. The number of hydrogen-bond acceptors (Lipinski definition) is 5. The van der Waals surface area contributed by atoms with Gasteiger partial charge >= 0.3 is 0 Å². The van der Waals surface area contributed by atoms with Gasteiger partial charge in [0.05, 0.1) is 15.9 Å². The first-order valence-corrected chi connectivity index (χ1v) is 7.56. The molecule has 2 rings (SSSR count). The number of hydrogen-bond donors (Lipinski definition) is 1. The summed E-state index contributed by atoms with van der Waals surface area (Å²) in [5.74, 6) is 0.681. The number of amides is 1. The van der Waals surface area contributed by atoms with Gasteiger partial charge in [0.1, 0.15) is 0 Å². The Kier molecular flexibility index (Phi) is 4.49. The van der Waals surface area contributed by atoms with Crippen LogP contribution < -0.4 is 5.73 Å². The number of carbonyl (C=O) groups is 1. The smallest absolute Gasteiger partial charge is 0.270 e. The van der Waals surface area contributed by atoms with Crippen LogP contribution in [0.4, 0.5) is 11.4 Å². The molecule has 108 valence electrons. The molecule has 2 N–H and O–H groups in total. The molecule has 7 heteroatoms. The summed E-state index contributed by atoms with van der Waals surface area (Å²) < 4.78 is 0. The molecule has 1 aliphatic rings. The third-order valence-corrected chi connectivity index (χ3v) is 4.56. The Morgan fingerprint density at radius 3 is 3.00 bits per heavy atom. The van der Waals surface area contributed by atoms with Crippen LogP contribution in [-0.2, 0) is 0 Å². The molecule has 0 spiro atoms. The Labute approximate surface area is 121 Å². The minimum absolute atomic E-state index is 0.110. The molecule has 1 aromatic rings. The first kappa shape index (κ1) is 14.6. The van der Waals surface area contributed by atoms with Crippen molar-refractivity contribution in [3.63, 3.8) is 0 Å². The van der Waals surface area contributed by atoms with Gasteiger partial charge in [-0.2, -0.15) is 0 Å². The minimum Gasteiger partial charge on any atom is -0.398 e. The summed E-state index contributed by atoms with van der Waals surface area (Å²) in [4.78, 5) is 24.6. The number of rotatable bonds is 4. The number of nitro groups is 1. The zero-order chi connectivity index (χ0) is 14.7. The number of nitro benzene ring substituents is 1. The van der Waals surface area contributed by atoms with E-state index >= 15 is 0 Å². The lowest BCUT2D eigenvalue weighted by Gasteiger charge is -2.24. The van der Waals surface area contributed by atoms with E-state index in [1.54, 1.807) is 16.7 Å². The van der Waals surface area contributed by atoms with Gasteiger partial charge in [0.25, 0.3) is 11.6 Å². The van der Waals surface area contributed by atoms with Gasteiger partial charge in [-0.05, 0) is 12.5 Å². The number of nitrogens with two attached hydrogens (primary N) is 1. The molecule has 1 aliphatic heterocycles. The fourth-order valence-electron chi connectivity index (χ4n) is 2.24. The van der Waals surface area contributed by atoms with Crippen LogP contribution in [0.5, 0.6) is 0 Å². The van der Waals surface area contributed by atoms with Crippen molar-refractivity contribution in [2.45, 2.75) is 25.1 Å². The van der Waals surface area contributed by atoms with Crippen LogP contribution >= 0.6 is 11.8 Å². The maximum atomic E-state index is 12.5. The summed E-state index contributed by atoms with van der Waals surface area (Å²) in [6.07, 6.45) is 1.91. The highest BCUT2D eigenvalue weighted by molar-refractivity contribution is 8.00. The van der Waals surface area contributed by atoms with E-state index in [4.69, 9.17) is 5.73 Å². The van der Waals surface area contributed by atoms with Crippen molar-refractivity contribution >= 4 is 29.0 Å². The van der Waals surface area contributed by atoms with Crippen LogP contribution in [0, 0.1) is 10.1 Å². The quantitative estimate of drug-likeness (QED) is 0.523. The maximum Gasteiger partial charge on any atom is 0.270 e. The highest BCUT2D eigenvalue weighted by atomic mass is 32.2. The number of nitrogens with zero attached hydrogens (tertiary/aromatic N) is 2. The van der Waals surface area contributed by atoms with Gasteiger partial charge in [0.15, 0.2) is 0 Å². The lowest BCUT2D eigenvalue weighted by Crippen LogP contribution is -2.35. The van der Waals surface area contributed by atoms with Gasteiger partial charge in [-0.25, -0.2) is 0 Å². The largest absolute Gasteiger partial charge is 0.398 e. The maximum absolute atomic E-state index is 12.5. The van der Waals surface area contributed by atoms with Crippen LogP contribution in [0.15, 0.2) is 18.2 Å². The fourth-order valence-corrected chi connectivity index (χ4v) is 3.59. The monoisotopic (exact) mass is 295 g/mol. The van der Waals surface area contributed by atoms with E-state index in [1.165, 1.54) is 18.2 Å². The van der Waals surface area contributed by atoms with E-state index in [0.717, 1.165) is 18.6 Å². The van der Waals surface area contributed by atoms with Crippen molar-refractivity contribution in [1.29, 1.82) is 0 Å². The van der Waals surface area contributed by atoms with Crippen molar-refractivity contribution in [3.8, 4) is 0 Å². The fraction of sp³-hybridized carbons (Fsp3) is 0.462. The Hall–Kier alpha value is -1.76. The van der Waals surface area contributed by atoms with Crippen LogP contribution in [-0.4, -0.2) is 33.4 Å². The van der Waals surface area contributed by atoms with Gasteiger partial charge in [-0.1, -0.05) is 13.3 Å². The summed E-state index contributed by atoms with van der Waals surface area (Å²) in [6, 6.07) is 4.00. The third-order valence-electron chi connectivity index (χ3n) is 3.26. The molecular weight excluding hydrogens is 278 g/mol. The van der Waals surface area contributed by atoms with Crippen molar-refractivity contribution in [3.05, 3.63) is 33.9 Å². The molecule has 1 amide bonds. The van der Waals surface area contributed by atoms with Crippen LogP contribution in [0.1, 0.15) is 30.1 Å². The summed E-state index contributed by atoms with van der Waals surface area (Å²) >= 11 is 1.74. The second kappa shape index (κ2) is 6.13. The molecule has 1 saturated heterocycles. The van der Waals surface area contributed by atoms with Gasteiger partial charge in [-0.15, -0.1) is 11.8 Å². The summed E-state index contributed by atoms with van der Waals surface area (Å²) in [6.45, 7) is 2.74. The van der Waals surface area contributed by atoms with E-state index < -0.39 is 4.92 Å². The zero-order valence-corrected chi connectivity index (χ0v) is 12.1. The second-order valence-electron chi connectivity index (χ2n) is 4.64. The Balaban J connectivity index is 2.28. The van der Waals surface area contributed by atoms with Crippen molar-refractivity contribution in [2.24, 2.45) is 0 Å². The van der Waals surface area contributed by atoms with Gasteiger partial charge < -0.3 is 10.6 Å². The molecule has 1 fully saturated rings. The number of anilines is 1. The molecule has 0 radical (unpaired) electrons. The Morgan fingerprint density at radius 2 is 2.35 bits per heavy atom. The van der Waals surface area contributed by atoms with Gasteiger partial charge in [0, 0.05) is 30.1 Å². The van der Waals surface area contributed by atoms with E-state index in [1.807, 2.05) is 0 Å². The highest BCUT2D eigenvalue weighted by Gasteiger charge is 2.30. The molecule has 0 bridgehead atoms. The molecule has 1 atom stereocenters. The molecule has 1 heterocycles. The van der Waals surface area contributed by atoms with Crippen LogP contribution in [0.3, 0.4) is 0 Å². The van der Waals surface area contributed by atoms with Gasteiger partial charge in [0.2, 0.25) is 0 Å². The van der Waals surface area contributed by atoms with Crippen LogP contribution in [0.2, 0.25) is 0 Å². The normalized spacial score (nSPS) is 18.2. The predicted octanol–water partition coefficient (Wildman–Crippen LogP) is 2.49. The first-order chi connectivity index (χ1) is 9.54. The number of benzene rings is 1. The standard InChI is InChI=1S/C13H17N3O3S/c1-2-3-12-15(6-7-20-12)13(17)10-8-9(16(18)19)4-5-11(10)14/h4-5,8,12H,2-3,6-7,14H2,1H3/t12-/m0/s1. The highest BCUT2D eigenvalue weighted by Crippen LogP contribution is 2.30. The second-order valence-corrected chi connectivity index (χ2v) is 5.93. The molecule has 0 aromatic heterocycles. The van der Waals surface area contributed by atoms with E-state index in [0.29, 0.717) is 6.54 Å². The molecule has 0 aliphatic carbocycles. The van der Waals surface area contributed by atoms with E-state index in [-0.39, 0.29) is 28.2 Å². The topological polar surface area (TPSA) is 89.5 Å². The first-order valence-electron chi connectivity index (χ1n) is 6.51. The Bertz CT molecular complexity index is 536. The lowest BCUT2D eigenvalue weighted by molar-refractivity contribution is -0.384. The zero-order valence-electron chi connectivity index (χ0n) is 11.2. The summed E-state index contributed by atoms with van der Waals surface area (Å²) in [5.41, 5.74) is 6.20. The molecule has 0 saturated carbocycles. The van der Waals surface area contributed by atoms with E-state index in [9.17, 15) is 14.9 Å². The van der Waals surface area contributed by atoms with Crippen LogP contribution in [0.25, 0.3) is 0 Å². The van der Waals surface area contributed by atoms with Gasteiger partial charge in [-0.3, -0.25) is 14.9 Å². The van der Waals surface area contributed by atoms with E-state index in [2.05, 4.69) is 6.92 Å². The summed E-state index contributed by atoms with van der Waals surface area (Å²) in [7, 11) is 0. The molecule has 6 nitrogen and oxygen atoms in total. The number of thioether (sulfide) groups is 1.